The smallest absolute Gasteiger partial charge is 0.125 e. The van der Waals surface area contributed by atoms with Gasteiger partial charge < -0.3 is 14.2 Å². The van der Waals surface area contributed by atoms with Crippen molar-refractivity contribution >= 4 is 11.3 Å². The standard InChI is InChI=1S/C20H24O3S/c1-12-10-16-19(15-11-13(21-2)8-9-17(15)22-3)23-18-7-5-4-6-14(18)20(16)24-12/h8-11,14,18-19H,4-7H2,1-3H3/t14-,18+,19+/m1/s1. The average Bonchev–Trinajstić information content (AvgIpc) is 3.02. The highest BCUT2D eigenvalue weighted by Crippen LogP contribution is 2.51. The number of hydrogen-bond donors (Lipinski definition) is 0. The summed E-state index contributed by atoms with van der Waals surface area (Å²) in [5, 5.41) is 0. The van der Waals surface area contributed by atoms with Crippen molar-refractivity contribution in [1.82, 2.24) is 0 Å². The molecule has 3 nitrogen and oxygen atoms in total. The highest BCUT2D eigenvalue weighted by molar-refractivity contribution is 7.12. The Morgan fingerprint density at radius 2 is 1.88 bits per heavy atom. The molecule has 2 heterocycles. The molecule has 0 amide bonds. The van der Waals surface area contributed by atoms with Crippen molar-refractivity contribution in [1.29, 1.82) is 0 Å². The molecule has 1 aliphatic carbocycles. The van der Waals surface area contributed by atoms with Crippen LogP contribution in [0, 0.1) is 6.92 Å². The Labute approximate surface area is 147 Å². The first-order chi connectivity index (χ1) is 11.7. The van der Waals surface area contributed by atoms with E-state index in [0.717, 1.165) is 23.5 Å². The zero-order valence-corrected chi connectivity index (χ0v) is 15.3. The number of methoxy groups -OCH3 is 2. The molecule has 1 aromatic carbocycles. The number of rotatable bonds is 3. The molecule has 128 valence electrons. The summed E-state index contributed by atoms with van der Waals surface area (Å²) < 4.78 is 17.7. The number of aryl methyl sites for hydroxylation is 1. The second-order valence-electron chi connectivity index (χ2n) is 6.73. The van der Waals surface area contributed by atoms with E-state index in [1.54, 1.807) is 14.2 Å². The first-order valence-corrected chi connectivity index (χ1v) is 9.50. The molecule has 3 atom stereocenters. The van der Waals surface area contributed by atoms with Crippen molar-refractivity contribution < 1.29 is 14.2 Å². The fraction of sp³-hybridized carbons (Fsp3) is 0.500. The molecule has 0 N–H and O–H groups in total. The van der Waals surface area contributed by atoms with Crippen LogP contribution in [0.1, 0.15) is 58.6 Å². The summed E-state index contributed by atoms with van der Waals surface area (Å²) in [6, 6.07) is 8.27. The maximum absolute atomic E-state index is 6.63. The third kappa shape index (κ3) is 2.62. The molecule has 0 radical (unpaired) electrons. The highest BCUT2D eigenvalue weighted by atomic mass is 32.1. The van der Waals surface area contributed by atoms with Gasteiger partial charge in [0.05, 0.1) is 20.3 Å². The molecule has 0 spiro atoms. The lowest BCUT2D eigenvalue weighted by molar-refractivity contribution is -0.0382. The van der Waals surface area contributed by atoms with Crippen LogP contribution in [-0.4, -0.2) is 20.3 Å². The van der Waals surface area contributed by atoms with Gasteiger partial charge in [-0.15, -0.1) is 11.3 Å². The van der Waals surface area contributed by atoms with Gasteiger partial charge in [0.15, 0.2) is 0 Å². The minimum atomic E-state index is -0.0608. The third-order valence-corrected chi connectivity index (χ3v) is 6.46. The van der Waals surface area contributed by atoms with Crippen molar-refractivity contribution in [3.8, 4) is 11.5 Å². The number of benzene rings is 1. The highest BCUT2D eigenvalue weighted by Gasteiger charge is 2.40. The van der Waals surface area contributed by atoms with Gasteiger partial charge in [-0.2, -0.15) is 0 Å². The van der Waals surface area contributed by atoms with Gasteiger partial charge in [-0.1, -0.05) is 12.8 Å². The van der Waals surface area contributed by atoms with E-state index >= 15 is 0 Å². The topological polar surface area (TPSA) is 27.7 Å². The number of fused-ring (bicyclic) bond motifs is 3. The van der Waals surface area contributed by atoms with E-state index in [0.29, 0.717) is 12.0 Å². The quantitative estimate of drug-likeness (QED) is 0.764. The van der Waals surface area contributed by atoms with Gasteiger partial charge in [0.1, 0.15) is 17.6 Å². The molecule has 2 aliphatic rings. The molecule has 0 bridgehead atoms. The van der Waals surface area contributed by atoms with Crippen LogP contribution in [0.5, 0.6) is 11.5 Å². The van der Waals surface area contributed by atoms with Crippen LogP contribution < -0.4 is 9.47 Å². The maximum atomic E-state index is 6.63. The van der Waals surface area contributed by atoms with Crippen LogP contribution in [0.2, 0.25) is 0 Å². The molecule has 24 heavy (non-hydrogen) atoms. The Hall–Kier alpha value is -1.52. The Bertz CT molecular complexity index is 736. The Balaban J connectivity index is 1.83. The molecular formula is C20H24O3S. The molecule has 0 saturated heterocycles. The van der Waals surface area contributed by atoms with Crippen LogP contribution >= 0.6 is 11.3 Å². The van der Waals surface area contributed by atoms with Crippen molar-refractivity contribution in [3.05, 3.63) is 45.1 Å². The summed E-state index contributed by atoms with van der Waals surface area (Å²) in [5.74, 6) is 2.28. The minimum absolute atomic E-state index is 0.0608. The zero-order chi connectivity index (χ0) is 16.7. The average molecular weight is 344 g/mol. The van der Waals surface area contributed by atoms with Gasteiger partial charge in [0.2, 0.25) is 0 Å². The molecule has 1 saturated carbocycles. The summed E-state index contributed by atoms with van der Waals surface area (Å²) in [5.41, 5.74) is 2.40. The van der Waals surface area contributed by atoms with Crippen molar-refractivity contribution in [2.45, 2.75) is 50.7 Å². The zero-order valence-electron chi connectivity index (χ0n) is 14.5. The van der Waals surface area contributed by atoms with Gasteiger partial charge in [0.25, 0.3) is 0 Å². The minimum Gasteiger partial charge on any atom is -0.497 e. The van der Waals surface area contributed by atoms with E-state index in [2.05, 4.69) is 19.1 Å². The van der Waals surface area contributed by atoms with E-state index in [4.69, 9.17) is 14.2 Å². The molecular weight excluding hydrogens is 320 g/mol. The van der Waals surface area contributed by atoms with Gasteiger partial charge in [-0.3, -0.25) is 0 Å². The lowest BCUT2D eigenvalue weighted by Crippen LogP contribution is -2.32. The molecule has 1 fully saturated rings. The lowest BCUT2D eigenvalue weighted by atomic mass is 9.80. The summed E-state index contributed by atoms with van der Waals surface area (Å²) in [7, 11) is 3.42. The van der Waals surface area contributed by atoms with E-state index in [-0.39, 0.29) is 6.10 Å². The van der Waals surface area contributed by atoms with Crippen LogP contribution in [0.25, 0.3) is 0 Å². The van der Waals surface area contributed by atoms with E-state index in [1.807, 2.05) is 23.5 Å². The number of hydrogen-bond acceptors (Lipinski definition) is 4. The molecule has 2 aromatic rings. The van der Waals surface area contributed by atoms with Gasteiger partial charge in [0, 0.05) is 21.2 Å². The molecule has 1 aliphatic heterocycles. The summed E-state index contributed by atoms with van der Waals surface area (Å²) >= 11 is 1.95. The first kappa shape index (κ1) is 16.0. The fourth-order valence-electron chi connectivity index (χ4n) is 4.14. The van der Waals surface area contributed by atoms with Gasteiger partial charge >= 0.3 is 0 Å². The van der Waals surface area contributed by atoms with Gasteiger partial charge in [-0.05, 0) is 49.6 Å². The SMILES string of the molecule is COc1ccc(OC)c([C@@H]2O[C@H]3CCCC[C@H]3c3sc(C)cc32)c1. The molecule has 4 heteroatoms. The van der Waals surface area contributed by atoms with Crippen LogP contribution in [0.4, 0.5) is 0 Å². The third-order valence-electron chi connectivity index (χ3n) is 5.27. The van der Waals surface area contributed by atoms with Crippen molar-refractivity contribution in [2.24, 2.45) is 0 Å². The van der Waals surface area contributed by atoms with Crippen molar-refractivity contribution in [2.75, 3.05) is 14.2 Å². The maximum Gasteiger partial charge on any atom is 0.125 e. The van der Waals surface area contributed by atoms with Crippen LogP contribution in [-0.2, 0) is 4.74 Å². The van der Waals surface area contributed by atoms with E-state index in [1.165, 1.54) is 34.6 Å². The number of thiophene rings is 1. The van der Waals surface area contributed by atoms with Gasteiger partial charge in [-0.25, -0.2) is 0 Å². The fourth-order valence-corrected chi connectivity index (χ4v) is 5.38. The molecule has 0 unspecified atom stereocenters. The Kier molecular flexibility index (Phi) is 4.27. The summed E-state index contributed by atoms with van der Waals surface area (Å²) in [6.45, 7) is 2.20. The molecule has 1 aromatic heterocycles. The molecule has 4 rings (SSSR count). The van der Waals surface area contributed by atoms with Crippen LogP contribution in [0.3, 0.4) is 0 Å². The van der Waals surface area contributed by atoms with E-state index in [9.17, 15) is 0 Å². The van der Waals surface area contributed by atoms with E-state index < -0.39 is 0 Å². The Morgan fingerprint density at radius 3 is 2.67 bits per heavy atom. The summed E-state index contributed by atoms with van der Waals surface area (Å²) in [6.07, 6.45) is 5.25. The predicted molar refractivity (Wildman–Crippen MR) is 96.5 cm³/mol. The Morgan fingerprint density at radius 1 is 1.04 bits per heavy atom. The second-order valence-corrected chi connectivity index (χ2v) is 8.02. The van der Waals surface area contributed by atoms with Crippen LogP contribution in [0.15, 0.2) is 24.3 Å². The monoisotopic (exact) mass is 344 g/mol. The largest absolute Gasteiger partial charge is 0.497 e. The lowest BCUT2D eigenvalue weighted by Gasteiger charge is -2.39. The normalized spacial score (nSPS) is 25.7. The summed E-state index contributed by atoms with van der Waals surface area (Å²) in [4.78, 5) is 2.89. The van der Waals surface area contributed by atoms with Crippen molar-refractivity contribution in [3.63, 3.8) is 0 Å². The predicted octanol–water partition coefficient (Wildman–Crippen LogP) is 5.22. The number of ether oxygens (including phenoxy) is 3. The first-order valence-electron chi connectivity index (χ1n) is 8.69. The second kappa shape index (κ2) is 6.41.